The van der Waals surface area contributed by atoms with Crippen molar-refractivity contribution in [1.29, 1.82) is 0 Å². The van der Waals surface area contributed by atoms with E-state index in [1.165, 1.54) is 11.8 Å². The van der Waals surface area contributed by atoms with Gasteiger partial charge in [-0.15, -0.1) is 20.4 Å². The second-order valence-corrected chi connectivity index (χ2v) is 5.48. The van der Waals surface area contributed by atoms with Crippen LogP contribution in [0.25, 0.3) is 11.5 Å². The molecule has 0 amide bonds. The molecule has 0 N–H and O–H groups in total. The molecule has 21 heavy (non-hydrogen) atoms. The first kappa shape index (κ1) is 14.1. The van der Waals surface area contributed by atoms with Gasteiger partial charge in [0, 0.05) is 17.0 Å². The summed E-state index contributed by atoms with van der Waals surface area (Å²) < 4.78 is 11.0. The van der Waals surface area contributed by atoms with Gasteiger partial charge in [0.1, 0.15) is 0 Å². The molecule has 0 aliphatic rings. The van der Waals surface area contributed by atoms with Crippen molar-refractivity contribution < 1.29 is 8.83 Å². The van der Waals surface area contributed by atoms with Gasteiger partial charge in [-0.05, 0) is 18.2 Å². The van der Waals surface area contributed by atoms with Crippen LogP contribution in [0.2, 0.25) is 5.02 Å². The Hall–Kier alpha value is -1.86. The lowest BCUT2D eigenvalue weighted by molar-refractivity contribution is 0.458. The average molecular weight is 323 g/mol. The number of thioether (sulfide) groups is 1. The van der Waals surface area contributed by atoms with Crippen LogP contribution in [0, 0.1) is 0 Å². The topological polar surface area (TPSA) is 77.8 Å². The third kappa shape index (κ3) is 3.43. The van der Waals surface area contributed by atoms with E-state index in [1.807, 2.05) is 19.1 Å². The number of aryl methyl sites for hydroxylation is 1. The summed E-state index contributed by atoms with van der Waals surface area (Å²) in [5, 5.41) is 16.9. The third-order valence-corrected chi connectivity index (χ3v) is 3.65. The quantitative estimate of drug-likeness (QED) is 0.664. The molecule has 3 rings (SSSR count). The number of rotatable bonds is 5. The minimum Gasteiger partial charge on any atom is -0.424 e. The maximum atomic E-state index is 5.94. The molecule has 0 fully saturated rings. The minimum atomic E-state index is 0.430. The summed E-state index contributed by atoms with van der Waals surface area (Å²) in [6.07, 6.45) is 0.719. The van der Waals surface area contributed by atoms with Gasteiger partial charge >= 0.3 is 0 Å². The van der Waals surface area contributed by atoms with E-state index in [2.05, 4.69) is 20.4 Å². The van der Waals surface area contributed by atoms with E-state index < -0.39 is 0 Å². The van der Waals surface area contributed by atoms with Crippen molar-refractivity contribution in [3.8, 4) is 11.5 Å². The van der Waals surface area contributed by atoms with Gasteiger partial charge in [0.15, 0.2) is 0 Å². The van der Waals surface area contributed by atoms with Crippen LogP contribution in [-0.4, -0.2) is 20.4 Å². The number of halogens is 1. The zero-order valence-electron chi connectivity index (χ0n) is 11.1. The van der Waals surface area contributed by atoms with Crippen LogP contribution in [0.4, 0.5) is 0 Å². The molecule has 0 radical (unpaired) electrons. The highest BCUT2D eigenvalue weighted by atomic mass is 35.5. The Labute approximate surface area is 129 Å². The first-order valence-electron chi connectivity index (χ1n) is 6.28. The van der Waals surface area contributed by atoms with E-state index in [-0.39, 0.29) is 0 Å². The lowest BCUT2D eigenvalue weighted by Gasteiger charge is -1.94. The molecule has 3 aromatic rings. The highest BCUT2D eigenvalue weighted by Gasteiger charge is 2.11. The van der Waals surface area contributed by atoms with E-state index in [0.717, 1.165) is 12.0 Å². The van der Waals surface area contributed by atoms with E-state index >= 15 is 0 Å². The summed E-state index contributed by atoms with van der Waals surface area (Å²) in [5.41, 5.74) is 0.785. The van der Waals surface area contributed by atoms with Crippen LogP contribution in [0.1, 0.15) is 18.7 Å². The molecule has 0 unspecified atom stereocenters. The van der Waals surface area contributed by atoms with Gasteiger partial charge in [0.05, 0.1) is 5.75 Å². The van der Waals surface area contributed by atoms with Gasteiger partial charge in [-0.3, -0.25) is 0 Å². The van der Waals surface area contributed by atoms with Gasteiger partial charge in [-0.1, -0.05) is 36.4 Å². The normalized spacial score (nSPS) is 11.0. The molecule has 0 bridgehead atoms. The van der Waals surface area contributed by atoms with Crippen molar-refractivity contribution >= 4 is 23.4 Å². The second kappa shape index (κ2) is 6.28. The smallest absolute Gasteiger partial charge is 0.277 e. The van der Waals surface area contributed by atoms with Crippen molar-refractivity contribution in [3.05, 3.63) is 41.1 Å². The van der Waals surface area contributed by atoms with Crippen molar-refractivity contribution in [1.82, 2.24) is 20.4 Å². The fraction of sp³-hybridized carbons (Fsp3) is 0.231. The zero-order valence-corrected chi connectivity index (χ0v) is 12.7. The van der Waals surface area contributed by atoms with Crippen molar-refractivity contribution in [2.45, 2.75) is 24.3 Å². The molecular formula is C13H11ClN4O2S. The Morgan fingerprint density at radius 2 is 1.95 bits per heavy atom. The Kier molecular flexibility index (Phi) is 4.21. The predicted octanol–water partition coefficient (Wildman–Crippen LogP) is 3.63. The lowest BCUT2D eigenvalue weighted by atomic mass is 10.2. The molecule has 0 aliphatic carbocycles. The summed E-state index contributed by atoms with van der Waals surface area (Å²) in [6.45, 7) is 1.96. The highest BCUT2D eigenvalue weighted by Crippen LogP contribution is 2.26. The number of nitrogens with zero attached hydrogens (tertiary/aromatic N) is 4. The predicted molar refractivity (Wildman–Crippen MR) is 78.0 cm³/mol. The van der Waals surface area contributed by atoms with E-state index in [4.69, 9.17) is 20.4 Å². The number of hydrogen-bond donors (Lipinski definition) is 0. The van der Waals surface area contributed by atoms with E-state index in [0.29, 0.717) is 33.7 Å². The summed E-state index contributed by atoms with van der Waals surface area (Å²) in [7, 11) is 0. The summed E-state index contributed by atoms with van der Waals surface area (Å²) >= 11 is 7.28. The number of benzene rings is 1. The molecule has 6 nitrogen and oxygen atoms in total. The molecular weight excluding hydrogens is 312 g/mol. The van der Waals surface area contributed by atoms with Crippen molar-refractivity contribution in [3.63, 3.8) is 0 Å². The Balaban J connectivity index is 1.67. The van der Waals surface area contributed by atoms with Crippen LogP contribution in [-0.2, 0) is 12.2 Å². The minimum absolute atomic E-state index is 0.430. The standard InChI is InChI=1S/C13H11ClN4O2S/c1-2-10-15-16-11(19-10)7-21-13-18-17-12(20-13)8-4-3-5-9(14)6-8/h3-6H,2,7H2,1H3. The van der Waals surface area contributed by atoms with Crippen LogP contribution in [0.3, 0.4) is 0 Å². The molecule has 2 heterocycles. The van der Waals surface area contributed by atoms with Gasteiger partial charge < -0.3 is 8.83 Å². The SMILES string of the molecule is CCc1nnc(CSc2nnc(-c3cccc(Cl)c3)o2)o1. The highest BCUT2D eigenvalue weighted by molar-refractivity contribution is 7.98. The summed E-state index contributed by atoms with van der Waals surface area (Å²) in [5.74, 6) is 2.08. The van der Waals surface area contributed by atoms with Crippen LogP contribution in [0.15, 0.2) is 38.3 Å². The van der Waals surface area contributed by atoms with Gasteiger partial charge in [-0.25, -0.2) is 0 Å². The Bertz CT molecular complexity index is 743. The van der Waals surface area contributed by atoms with Crippen LogP contribution >= 0.6 is 23.4 Å². The maximum absolute atomic E-state index is 5.94. The maximum Gasteiger partial charge on any atom is 0.277 e. The van der Waals surface area contributed by atoms with Gasteiger partial charge in [0.25, 0.3) is 5.22 Å². The monoisotopic (exact) mass is 322 g/mol. The fourth-order valence-corrected chi connectivity index (χ4v) is 2.41. The molecule has 0 aliphatic heterocycles. The van der Waals surface area contributed by atoms with Gasteiger partial charge in [0.2, 0.25) is 17.7 Å². The Morgan fingerprint density at radius 3 is 2.71 bits per heavy atom. The molecule has 1 aromatic carbocycles. The average Bonchev–Trinajstić information content (AvgIpc) is 3.14. The molecule has 0 saturated carbocycles. The zero-order chi connectivity index (χ0) is 14.7. The van der Waals surface area contributed by atoms with Crippen LogP contribution in [0.5, 0.6) is 0 Å². The molecule has 108 valence electrons. The Morgan fingerprint density at radius 1 is 1.10 bits per heavy atom. The van der Waals surface area contributed by atoms with E-state index in [9.17, 15) is 0 Å². The van der Waals surface area contributed by atoms with Gasteiger partial charge in [-0.2, -0.15) is 0 Å². The number of hydrogen-bond acceptors (Lipinski definition) is 7. The third-order valence-electron chi connectivity index (χ3n) is 2.61. The van der Waals surface area contributed by atoms with E-state index in [1.54, 1.807) is 12.1 Å². The summed E-state index contributed by atoms with van der Waals surface area (Å²) in [4.78, 5) is 0. The molecule has 0 saturated heterocycles. The van der Waals surface area contributed by atoms with Crippen molar-refractivity contribution in [2.75, 3.05) is 0 Å². The molecule has 2 aromatic heterocycles. The fourth-order valence-electron chi connectivity index (χ4n) is 1.62. The molecule has 0 atom stereocenters. The van der Waals surface area contributed by atoms with Crippen LogP contribution < -0.4 is 0 Å². The summed E-state index contributed by atoms with van der Waals surface area (Å²) in [6, 6.07) is 7.26. The molecule has 0 spiro atoms. The first-order valence-corrected chi connectivity index (χ1v) is 7.64. The lowest BCUT2D eigenvalue weighted by Crippen LogP contribution is -1.80. The largest absolute Gasteiger partial charge is 0.424 e. The van der Waals surface area contributed by atoms with Crippen molar-refractivity contribution in [2.24, 2.45) is 0 Å². The number of aromatic nitrogens is 4. The second-order valence-electron chi connectivity index (χ2n) is 4.12. The molecule has 8 heteroatoms. The first-order chi connectivity index (χ1) is 10.2.